The van der Waals surface area contributed by atoms with Crippen LogP contribution in [-0.2, 0) is 17.9 Å². The Labute approximate surface area is 122 Å². The van der Waals surface area contributed by atoms with Crippen LogP contribution < -0.4 is 5.32 Å². The van der Waals surface area contributed by atoms with Gasteiger partial charge in [-0.1, -0.05) is 30.2 Å². The lowest BCUT2D eigenvalue weighted by Crippen LogP contribution is -2.42. The van der Waals surface area contributed by atoms with Crippen LogP contribution in [0.5, 0.6) is 0 Å². The molecule has 0 aliphatic carbocycles. The molecule has 0 radical (unpaired) electrons. The molecule has 0 unspecified atom stereocenters. The van der Waals surface area contributed by atoms with Crippen LogP contribution in [0.1, 0.15) is 24.0 Å². The lowest BCUT2D eigenvalue weighted by atomic mass is 10.0. The van der Waals surface area contributed by atoms with Crippen LogP contribution in [0.3, 0.4) is 0 Å². The first-order chi connectivity index (χ1) is 9.81. The number of nitrogens with zero attached hydrogens (tertiary/aromatic N) is 1. The molecular formula is C17H24N2O. The number of likely N-dealkylation sites (tertiary alicyclic amines) is 1. The smallest absolute Gasteiger partial charge is 0.0713 e. The molecule has 1 aliphatic rings. The molecule has 1 fully saturated rings. The Bertz CT molecular complexity index is 445. The molecule has 1 aliphatic heterocycles. The Kier molecular flexibility index (Phi) is 6.07. The van der Waals surface area contributed by atoms with Crippen molar-refractivity contribution in [1.29, 1.82) is 0 Å². The summed E-state index contributed by atoms with van der Waals surface area (Å²) in [5.41, 5.74) is 2.56. The van der Waals surface area contributed by atoms with Crippen LogP contribution in [0.2, 0.25) is 0 Å². The van der Waals surface area contributed by atoms with Gasteiger partial charge in [0.05, 0.1) is 13.2 Å². The summed E-state index contributed by atoms with van der Waals surface area (Å²) in [5, 5.41) is 3.65. The lowest BCUT2D eigenvalue weighted by molar-refractivity contribution is 0.185. The van der Waals surface area contributed by atoms with Gasteiger partial charge in [-0.25, -0.2) is 0 Å². The normalized spacial score (nSPS) is 17.0. The summed E-state index contributed by atoms with van der Waals surface area (Å²) in [6.07, 6.45) is 7.71. The molecule has 2 rings (SSSR count). The number of methoxy groups -OCH3 is 1. The second-order valence-electron chi connectivity index (χ2n) is 5.39. The summed E-state index contributed by atoms with van der Waals surface area (Å²) in [4.78, 5) is 2.34. The number of hydrogen-bond acceptors (Lipinski definition) is 3. The maximum Gasteiger partial charge on any atom is 0.0713 e. The minimum Gasteiger partial charge on any atom is -0.380 e. The van der Waals surface area contributed by atoms with E-state index in [-0.39, 0.29) is 0 Å². The molecule has 3 heteroatoms. The van der Waals surface area contributed by atoms with Crippen LogP contribution in [0.15, 0.2) is 24.3 Å². The summed E-state index contributed by atoms with van der Waals surface area (Å²) in [7, 11) is 1.73. The summed E-state index contributed by atoms with van der Waals surface area (Å²) in [6, 6.07) is 9.19. The van der Waals surface area contributed by atoms with Gasteiger partial charge in [0.2, 0.25) is 0 Å². The molecule has 0 spiro atoms. The fourth-order valence-corrected chi connectivity index (χ4v) is 2.68. The lowest BCUT2D eigenvalue weighted by Gasteiger charge is -2.31. The molecule has 20 heavy (non-hydrogen) atoms. The standard InChI is InChI=1S/C17H24N2O/c1-3-9-19-10-7-17(8-11-19)18-13-15-5-4-6-16(12-15)14-20-2/h1,4-6,12,17-18H,7-11,13-14H2,2H3. The van der Waals surface area contributed by atoms with Crippen molar-refractivity contribution in [3.8, 4) is 12.3 Å². The molecule has 1 heterocycles. The van der Waals surface area contributed by atoms with Gasteiger partial charge in [0.25, 0.3) is 0 Å². The van der Waals surface area contributed by atoms with E-state index in [4.69, 9.17) is 11.2 Å². The number of ether oxygens (including phenoxy) is 1. The Morgan fingerprint density at radius 1 is 1.35 bits per heavy atom. The predicted octanol–water partition coefficient (Wildman–Crippen LogP) is 2.02. The Balaban J connectivity index is 1.76. The van der Waals surface area contributed by atoms with E-state index in [2.05, 4.69) is 40.4 Å². The average Bonchev–Trinajstić information content (AvgIpc) is 2.48. The number of benzene rings is 1. The molecule has 1 N–H and O–H groups in total. The number of nitrogens with one attached hydrogen (secondary N) is 1. The van der Waals surface area contributed by atoms with E-state index in [1.165, 1.54) is 24.0 Å². The first kappa shape index (κ1) is 15.1. The number of terminal acetylenes is 1. The van der Waals surface area contributed by atoms with E-state index in [9.17, 15) is 0 Å². The van der Waals surface area contributed by atoms with Crippen molar-refractivity contribution in [3.05, 3.63) is 35.4 Å². The van der Waals surface area contributed by atoms with Crippen LogP contribution in [0.25, 0.3) is 0 Å². The Morgan fingerprint density at radius 3 is 2.80 bits per heavy atom. The van der Waals surface area contributed by atoms with Crippen molar-refractivity contribution in [1.82, 2.24) is 10.2 Å². The summed E-state index contributed by atoms with van der Waals surface area (Å²) >= 11 is 0. The second-order valence-corrected chi connectivity index (χ2v) is 5.39. The van der Waals surface area contributed by atoms with Crippen molar-refractivity contribution < 1.29 is 4.74 Å². The van der Waals surface area contributed by atoms with E-state index in [0.717, 1.165) is 26.2 Å². The van der Waals surface area contributed by atoms with Gasteiger partial charge in [-0.05, 0) is 24.0 Å². The van der Waals surface area contributed by atoms with Gasteiger partial charge in [0, 0.05) is 32.8 Å². The minimum atomic E-state index is 0.607. The van der Waals surface area contributed by atoms with E-state index < -0.39 is 0 Å². The topological polar surface area (TPSA) is 24.5 Å². The van der Waals surface area contributed by atoms with E-state index in [0.29, 0.717) is 12.6 Å². The summed E-state index contributed by atoms with van der Waals surface area (Å²) < 4.78 is 5.17. The Hall–Kier alpha value is -1.34. The fraction of sp³-hybridized carbons (Fsp3) is 0.529. The molecule has 0 atom stereocenters. The van der Waals surface area contributed by atoms with Crippen molar-refractivity contribution in [3.63, 3.8) is 0 Å². The van der Waals surface area contributed by atoms with Crippen LogP contribution in [0.4, 0.5) is 0 Å². The third-order valence-corrected chi connectivity index (χ3v) is 3.80. The maximum absolute atomic E-state index is 5.35. The van der Waals surface area contributed by atoms with Gasteiger partial charge in [0.1, 0.15) is 0 Å². The highest BCUT2D eigenvalue weighted by atomic mass is 16.5. The predicted molar refractivity (Wildman–Crippen MR) is 82.3 cm³/mol. The molecule has 1 aromatic rings. The highest BCUT2D eigenvalue weighted by Gasteiger charge is 2.17. The fourth-order valence-electron chi connectivity index (χ4n) is 2.68. The van der Waals surface area contributed by atoms with Gasteiger partial charge >= 0.3 is 0 Å². The van der Waals surface area contributed by atoms with Gasteiger partial charge in [-0.3, -0.25) is 4.90 Å². The zero-order chi connectivity index (χ0) is 14.2. The van der Waals surface area contributed by atoms with Crippen molar-refractivity contribution >= 4 is 0 Å². The summed E-state index contributed by atoms with van der Waals surface area (Å²) in [5.74, 6) is 2.72. The van der Waals surface area contributed by atoms with Crippen LogP contribution in [0, 0.1) is 12.3 Å². The number of piperidine rings is 1. The SMILES string of the molecule is C#CCN1CCC(NCc2cccc(COC)c2)CC1. The maximum atomic E-state index is 5.35. The average molecular weight is 272 g/mol. The molecule has 3 nitrogen and oxygen atoms in total. The summed E-state index contributed by atoms with van der Waals surface area (Å²) in [6.45, 7) is 4.60. The van der Waals surface area contributed by atoms with Gasteiger partial charge < -0.3 is 10.1 Å². The molecule has 0 bridgehead atoms. The molecule has 0 amide bonds. The minimum absolute atomic E-state index is 0.607. The molecule has 0 saturated carbocycles. The van der Waals surface area contributed by atoms with Crippen LogP contribution in [-0.4, -0.2) is 37.7 Å². The zero-order valence-electron chi connectivity index (χ0n) is 12.3. The first-order valence-corrected chi connectivity index (χ1v) is 7.28. The van der Waals surface area contributed by atoms with Gasteiger partial charge in [-0.2, -0.15) is 0 Å². The monoisotopic (exact) mass is 272 g/mol. The number of rotatable bonds is 6. The highest BCUT2D eigenvalue weighted by molar-refractivity contribution is 5.22. The van der Waals surface area contributed by atoms with E-state index in [1.807, 2.05) is 0 Å². The molecule has 0 aromatic heterocycles. The van der Waals surface area contributed by atoms with Gasteiger partial charge in [-0.15, -0.1) is 6.42 Å². The van der Waals surface area contributed by atoms with Crippen molar-refractivity contribution in [2.75, 3.05) is 26.7 Å². The largest absolute Gasteiger partial charge is 0.380 e. The second kappa shape index (κ2) is 8.06. The molecule has 1 saturated heterocycles. The molecular weight excluding hydrogens is 248 g/mol. The number of hydrogen-bond donors (Lipinski definition) is 1. The third-order valence-electron chi connectivity index (χ3n) is 3.80. The van der Waals surface area contributed by atoms with E-state index >= 15 is 0 Å². The third kappa shape index (κ3) is 4.64. The molecule has 1 aromatic carbocycles. The molecule has 108 valence electrons. The zero-order valence-corrected chi connectivity index (χ0v) is 12.3. The van der Waals surface area contributed by atoms with Crippen LogP contribution >= 0.6 is 0 Å². The van der Waals surface area contributed by atoms with Gasteiger partial charge in [0.15, 0.2) is 0 Å². The highest BCUT2D eigenvalue weighted by Crippen LogP contribution is 2.12. The van der Waals surface area contributed by atoms with E-state index in [1.54, 1.807) is 7.11 Å². The quantitative estimate of drug-likeness (QED) is 0.802. The first-order valence-electron chi connectivity index (χ1n) is 7.28. The van der Waals surface area contributed by atoms with Crippen molar-refractivity contribution in [2.45, 2.75) is 32.0 Å². The Morgan fingerprint density at radius 2 is 2.10 bits per heavy atom. The van der Waals surface area contributed by atoms with Crippen molar-refractivity contribution in [2.24, 2.45) is 0 Å².